The highest BCUT2D eigenvalue weighted by Gasteiger charge is 2.16. The molecule has 0 aromatic heterocycles. The van der Waals surface area contributed by atoms with E-state index in [4.69, 9.17) is 9.84 Å². The first-order chi connectivity index (χ1) is 6.20. The number of phenolic OH excluding ortho intramolecular Hbond substituents is 1. The smallest absolute Gasteiger partial charge is 0.166 e. The van der Waals surface area contributed by atoms with Gasteiger partial charge in [-0.05, 0) is 6.07 Å². The molecule has 1 rings (SSSR count). The highest BCUT2D eigenvalue weighted by molar-refractivity contribution is 5.46. The first-order valence-electron chi connectivity index (χ1n) is 3.81. The van der Waals surface area contributed by atoms with Gasteiger partial charge < -0.3 is 14.9 Å². The molecule has 3 nitrogen and oxygen atoms in total. The lowest BCUT2D eigenvalue weighted by Crippen LogP contribution is -2.00. The average Bonchev–Trinajstić information content (AvgIpc) is 2.16. The predicted octanol–water partition coefficient (Wildman–Crippen LogP) is 1.40. The average molecular weight is 186 g/mol. The lowest BCUT2D eigenvalue weighted by molar-refractivity contribution is 0.176. The van der Waals surface area contributed by atoms with Crippen molar-refractivity contribution in [1.82, 2.24) is 0 Å². The zero-order chi connectivity index (χ0) is 9.84. The summed E-state index contributed by atoms with van der Waals surface area (Å²) in [4.78, 5) is 0. The molecule has 1 unspecified atom stereocenters. The Hall–Kier alpha value is -1.29. The number of aliphatic hydroxyl groups excluding tert-OH is 1. The molecule has 0 aliphatic rings. The van der Waals surface area contributed by atoms with Crippen molar-refractivity contribution in [2.75, 3.05) is 13.7 Å². The fourth-order valence-corrected chi connectivity index (χ4v) is 1.11. The summed E-state index contributed by atoms with van der Waals surface area (Å²) in [7, 11) is 1.34. The molecule has 0 amide bonds. The van der Waals surface area contributed by atoms with Crippen molar-refractivity contribution in [3.63, 3.8) is 0 Å². The second kappa shape index (κ2) is 4.09. The number of phenols is 1. The van der Waals surface area contributed by atoms with Gasteiger partial charge in [0.05, 0.1) is 13.7 Å². The van der Waals surface area contributed by atoms with E-state index in [2.05, 4.69) is 0 Å². The van der Waals surface area contributed by atoms with Crippen LogP contribution in [0.2, 0.25) is 0 Å². The summed E-state index contributed by atoms with van der Waals surface area (Å²) >= 11 is 0. The van der Waals surface area contributed by atoms with Crippen molar-refractivity contribution in [2.45, 2.75) is 6.17 Å². The van der Waals surface area contributed by atoms with Gasteiger partial charge in [0.1, 0.15) is 0 Å². The van der Waals surface area contributed by atoms with E-state index >= 15 is 0 Å². The number of methoxy groups -OCH3 is 1. The van der Waals surface area contributed by atoms with Gasteiger partial charge in [-0.3, -0.25) is 0 Å². The number of rotatable bonds is 3. The van der Waals surface area contributed by atoms with Crippen molar-refractivity contribution >= 4 is 0 Å². The van der Waals surface area contributed by atoms with Crippen LogP contribution >= 0.6 is 0 Å². The molecular formula is C9H11FO3. The number of hydrogen-bond donors (Lipinski definition) is 2. The highest BCUT2D eigenvalue weighted by atomic mass is 19.1. The predicted molar refractivity (Wildman–Crippen MR) is 45.6 cm³/mol. The first-order valence-corrected chi connectivity index (χ1v) is 3.81. The summed E-state index contributed by atoms with van der Waals surface area (Å²) in [6.45, 7) is -0.625. The van der Waals surface area contributed by atoms with Gasteiger partial charge in [0, 0.05) is 5.56 Å². The largest absolute Gasteiger partial charge is 0.504 e. The minimum atomic E-state index is -1.53. The van der Waals surface area contributed by atoms with Gasteiger partial charge >= 0.3 is 0 Å². The minimum absolute atomic E-state index is 0.0732. The number of hydrogen-bond acceptors (Lipinski definition) is 3. The van der Waals surface area contributed by atoms with Crippen LogP contribution in [0.15, 0.2) is 18.2 Å². The van der Waals surface area contributed by atoms with Crippen LogP contribution in [0.1, 0.15) is 11.7 Å². The summed E-state index contributed by atoms with van der Waals surface area (Å²) in [5, 5.41) is 17.8. The zero-order valence-corrected chi connectivity index (χ0v) is 7.20. The molecule has 0 heterocycles. The van der Waals surface area contributed by atoms with E-state index in [-0.39, 0.29) is 17.1 Å². The van der Waals surface area contributed by atoms with Crippen LogP contribution in [0.4, 0.5) is 4.39 Å². The van der Waals surface area contributed by atoms with Gasteiger partial charge in [0.2, 0.25) is 0 Å². The molecule has 2 N–H and O–H groups in total. The van der Waals surface area contributed by atoms with Gasteiger partial charge in [-0.2, -0.15) is 0 Å². The standard InChI is InChI=1S/C9H11FO3/c1-13-9-6(7(10)5-11)3-2-4-8(9)12/h2-4,7,11-12H,5H2,1H3. The van der Waals surface area contributed by atoms with Crippen LogP contribution in [0, 0.1) is 0 Å². The molecule has 0 aliphatic heterocycles. The maximum Gasteiger partial charge on any atom is 0.166 e. The summed E-state index contributed by atoms with van der Waals surface area (Å²) < 4.78 is 17.8. The maximum atomic E-state index is 13.1. The molecule has 1 aromatic rings. The lowest BCUT2D eigenvalue weighted by Gasteiger charge is -2.11. The number of benzene rings is 1. The molecule has 0 saturated carbocycles. The SMILES string of the molecule is COc1c(O)cccc1C(F)CO. The Morgan fingerprint density at radius 1 is 1.54 bits per heavy atom. The molecule has 4 heteroatoms. The molecule has 0 bridgehead atoms. The maximum absolute atomic E-state index is 13.1. The molecule has 0 spiro atoms. The summed E-state index contributed by atoms with van der Waals surface area (Å²) in [5.74, 6) is -0.0554. The molecule has 0 fully saturated rings. The number of alkyl halides is 1. The third-order valence-electron chi connectivity index (χ3n) is 1.73. The fraction of sp³-hybridized carbons (Fsp3) is 0.333. The third kappa shape index (κ3) is 1.89. The van der Waals surface area contributed by atoms with Crippen LogP contribution in [0.5, 0.6) is 11.5 Å². The van der Waals surface area contributed by atoms with Gasteiger partial charge in [-0.25, -0.2) is 4.39 Å². The van der Waals surface area contributed by atoms with E-state index in [1.165, 1.54) is 25.3 Å². The van der Waals surface area contributed by atoms with Crippen molar-refractivity contribution in [2.24, 2.45) is 0 Å². The van der Waals surface area contributed by atoms with Crippen molar-refractivity contribution in [3.05, 3.63) is 23.8 Å². The minimum Gasteiger partial charge on any atom is -0.504 e. The molecule has 0 aliphatic carbocycles. The van der Waals surface area contributed by atoms with Crippen LogP contribution in [0.3, 0.4) is 0 Å². The Kier molecular flexibility index (Phi) is 3.08. The summed E-state index contributed by atoms with van der Waals surface area (Å²) in [5.41, 5.74) is 0.157. The number of para-hydroxylation sites is 1. The molecule has 0 radical (unpaired) electrons. The van der Waals surface area contributed by atoms with E-state index in [0.717, 1.165) is 0 Å². The third-order valence-corrected chi connectivity index (χ3v) is 1.73. The quantitative estimate of drug-likeness (QED) is 0.750. The molecule has 0 saturated heterocycles. The van der Waals surface area contributed by atoms with Crippen LogP contribution in [-0.2, 0) is 0 Å². The number of ether oxygens (including phenoxy) is 1. The van der Waals surface area contributed by atoms with Crippen LogP contribution in [0.25, 0.3) is 0 Å². The van der Waals surface area contributed by atoms with E-state index in [9.17, 15) is 9.50 Å². The topological polar surface area (TPSA) is 49.7 Å². The van der Waals surface area contributed by atoms with E-state index < -0.39 is 12.8 Å². The van der Waals surface area contributed by atoms with Crippen molar-refractivity contribution in [3.8, 4) is 11.5 Å². The zero-order valence-electron chi connectivity index (χ0n) is 7.20. The number of aliphatic hydroxyl groups is 1. The summed E-state index contributed by atoms with van der Waals surface area (Å²) in [6.07, 6.45) is -1.53. The van der Waals surface area contributed by atoms with Crippen LogP contribution < -0.4 is 4.74 Å². The molecule has 1 aromatic carbocycles. The Morgan fingerprint density at radius 2 is 2.23 bits per heavy atom. The molecule has 1 atom stereocenters. The van der Waals surface area contributed by atoms with Crippen LogP contribution in [-0.4, -0.2) is 23.9 Å². The van der Waals surface area contributed by atoms with E-state index in [1.54, 1.807) is 0 Å². The van der Waals surface area contributed by atoms with Crippen molar-refractivity contribution in [1.29, 1.82) is 0 Å². The lowest BCUT2D eigenvalue weighted by atomic mass is 10.1. The van der Waals surface area contributed by atoms with Gasteiger partial charge in [-0.15, -0.1) is 0 Å². The van der Waals surface area contributed by atoms with Gasteiger partial charge in [0.25, 0.3) is 0 Å². The Bertz CT molecular complexity index is 288. The Balaban J connectivity index is 3.12. The molecule has 13 heavy (non-hydrogen) atoms. The first kappa shape index (κ1) is 9.80. The number of halogens is 1. The van der Waals surface area contributed by atoms with E-state index in [0.29, 0.717) is 0 Å². The van der Waals surface area contributed by atoms with Gasteiger partial charge in [-0.1, -0.05) is 12.1 Å². The monoisotopic (exact) mass is 186 g/mol. The molecular weight excluding hydrogens is 175 g/mol. The Morgan fingerprint density at radius 3 is 2.77 bits per heavy atom. The number of aromatic hydroxyl groups is 1. The Labute approximate surface area is 75.4 Å². The second-order valence-electron chi connectivity index (χ2n) is 2.55. The molecule has 72 valence electrons. The fourth-order valence-electron chi connectivity index (χ4n) is 1.11. The second-order valence-corrected chi connectivity index (χ2v) is 2.55. The van der Waals surface area contributed by atoms with Gasteiger partial charge in [0.15, 0.2) is 17.7 Å². The van der Waals surface area contributed by atoms with Crippen molar-refractivity contribution < 1.29 is 19.3 Å². The van der Waals surface area contributed by atoms with E-state index in [1.807, 2.05) is 0 Å². The highest BCUT2D eigenvalue weighted by Crippen LogP contribution is 2.34. The normalized spacial score (nSPS) is 12.5. The summed E-state index contributed by atoms with van der Waals surface area (Å²) in [6, 6.07) is 4.35.